The second-order valence-corrected chi connectivity index (χ2v) is 5.22. The van der Waals surface area contributed by atoms with Crippen LogP contribution in [0, 0.1) is 6.92 Å². The predicted molar refractivity (Wildman–Crippen MR) is 77.1 cm³/mol. The third-order valence-corrected chi connectivity index (χ3v) is 3.59. The van der Waals surface area contributed by atoms with Crippen LogP contribution >= 0.6 is 0 Å². The summed E-state index contributed by atoms with van der Waals surface area (Å²) in [6, 6.07) is 1.55. The van der Waals surface area contributed by atoms with Gasteiger partial charge in [0, 0.05) is 13.0 Å². The smallest absolute Gasteiger partial charge is 0.341 e. The van der Waals surface area contributed by atoms with Crippen molar-refractivity contribution in [3.05, 3.63) is 23.2 Å². The van der Waals surface area contributed by atoms with E-state index >= 15 is 0 Å². The van der Waals surface area contributed by atoms with Gasteiger partial charge in [-0.2, -0.15) is 0 Å². The summed E-state index contributed by atoms with van der Waals surface area (Å²) in [5, 5.41) is 2.69. The molecule has 0 radical (unpaired) electrons. The third kappa shape index (κ3) is 3.87. The number of hydrogen-bond acceptors (Lipinski definition) is 5. The number of carbonyl (C=O) groups excluding carboxylic acids is 3. The van der Waals surface area contributed by atoms with Crippen LogP contribution in [0.1, 0.15) is 41.1 Å². The number of hydrogen-bond donors (Lipinski definition) is 1. The van der Waals surface area contributed by atoms with Crippen LogP contribution in [0.15, 0.2) is 10.5 Å². The summed E-state index contributed by atoms with van der Waals surface area (Å²) in [5.41, 5.74) is 0.345. The molecule has 0 atom stereocenters. The zero-order valence-electron chi connectivity index (χ0n) is 12.8. The highest BCUT2D eigenvalue weighted by Gasteiger charge is 2.21. The monoisotopic (exact) mass is 308 g/mol. The van der Waals surface area contributed by atoms with E-state index in [0.29, 0.717) is 30.0 Å². The van der Waals surface area contributed by atoms with Gasteiger partial charge in [-0.1, -0.05) is 0 Å². The largest absolute Gasteiger partial charge is 0.465 e. The minimum absolute atomic E-state index is 0.0169. The van der Waals surface area contributed by atoms with Gasteiger partial charge in [0.2, 0.25) is 11.8 Å². The van der Waals surface area contributed by atoms with Crippen LogP contribution in [0.2, 0.25) is 0 Å². The van der Waals surface area contributed by atoms with Crippen molar-refractivity contribution in [3.8, 4) is 0 Å². The van der Waals surface area contributed by atoms with E-state index in [-0.39, 0.29) is 24.9 Å². The van der Waals surface area contributed by atoms with Gasteiger partial charge < -0.3 is 19.4 Å². The van der Waals surface area contributed by atoms with Crippen LogP contribution in [-0.2, 0) is 20.9 Å². The lowest BCUT2D eigenvalue weighted by Gasteiger charge is -2.25. The van der Waals surface area contributed by atoms with Gasteiger partial charge in [0.15, 0.2) is 0 Å². The van der Waals surface area contributed by atoms with Crippen LogP contribution in [0.3, 0.4) is 0 Å². The normalized spacial score (nSPS) is 14.8. The quantitative estimate of drug-likeness (QED) is 0.820. The lowest BCUT2D eigenvalue weighted by molar-refractivity contribution is -0.137. The molecule has 2 rings (SSSR count). The predicted octanol–water partition coefficient (Wildman–Crippen LogP) is 1.00. The molecule has 1 aromatic rings. The average Bonchev–Trinajstić information content (AvgIpc) is 2.88. The Morgan fingerprint density at radius 3 is 2.86 bits per heavy atom. The molecule has 22 heavy (non-hydrogen) atoms. The number of carbonyl (C=O) groups is 3. The summed E-state index contributed by atoms with van der Waals surface area (Å²) < 4.78 is 10.0. The minimum atomic E-state index is -0.474. The summed E-state index contributed by atoms with van der Waals surface area (Å²) in [7, 11) is 1.30. The summed E-state index contributed by atoms with van der Waals surface area (Å²) >= 11 is 0. The lowest BCUT2D eigenvalue weighted by Crippen LogP contribution is -2.42. The van der Waals surface area contributed by atoms with E-state index < -0.39 is 5.97 Å². The van der Waals surface area contributed by atoms with Gasteiger partial charge in [0.25, 0.3) is 0 Å². The second-order valence-electron chi connectivity index (χ2n) is 5.22. The zero-order chi connectivity index (χ0) is 16.1. The maximum atomic E-state index is 11.9. The molecule has 7 heteroatoms. The molecule has 1 aromatic heterocycles. The maximum absolute atomic E-state index is 11.9. The van der Waals surface area contributed by atoms with E-state index in [1.54, 1.807) is 17.9 Å². The van der Waals surface area contributed by atoms with Gasteiger partial charge in [-0.15, -0.1) is 0 Å². The Balaban J connectivity index is 1.86. The fraction of sp³-hybridized carbons (Fsp3) is 0.533. The first-order valence-electron chi connectivity index (χ1n) is 7.23. The standard InChI is InChI=1S/C15H20N2O5/c1-10-12(15(20)21-2)7-11(22-10)8-16-13(18)9-17-6-4-3-5-14(17)19/h7H,3-6,8-9H2,1-2H3,(H,16,18). The number of nitrogens with zero attached hydrogens (tertiary/aromatic N) is 1. The number of piperidine rings is 1. The highest BCUT2D eigenvalue weighted by molar-refractivity contribution is 5.90. The first-order valence-corrected chi connectivity index (χ1v) is 7.23. The number of amides is 2. The highest BCUT2D eigenvalue weighted by atomic mass is 16.5. The SMILES string of the molecule is COC(=O)c1cc(CNC(=O)CN2CCCCC2=O)oc1C. The van der Waals surface area contributed by atoms with Crippen molar-refractivity contribution in [2.45, 2.75) is 32.7 Å². The molecule has 120 valence electrons. The van der Waals surface area contributed by atoms with Crippen molar-refractivity contribution in [1.29, 1.82) is 0 Å². The van der Waals surface area contributed by atoms with E-state index in [0.717, 1.165) is 12.8 Å². The highest BCUT2D eigenvalue weighted by Crippen LogP contribution is 2.15. The van der Waals surface area contributed by atoms with Crippen molar-refractivity contribution in [3.63, 3.8) is 0 Å². The molecule has 0 unspecified atom stereocenters. The van der Waals surface area contributed by atoms with Gasteiger partial charge in [-0.25, -0.2) is 4.79 Å². The molecule has 0 bridgehead atoms. The molecule has 1 N–H and O–H groups in total. The van der Waals surface area contributed by atoms with Crippen LogP contribution in [-0.4, -0.2) is 42.9 Å². The van der Waals surface area contributed by atoms with Gasteiger partial charge in [0.1, 0.15) is 17.1 Å². The molecule has 0 spiro atoms. The number of methoxy groups -OCH3 is 1. The van der Waals surface area contributed by atoms with E-state index in [4.69, 9.17) is 4.42 Å². The molecule has 2 amide bonds. The van der Waals surface area contributed by atoms with Gasteiger partial charge in [0.05, 0.1) is 20.2 Å². The van der Waals surface area contributed by atoms with Crippen molar-refractivity contribution >= 4 is 17.8 Å². The summed E-state index contributed by atoms with van der Waals surface area (Å²) in [6.07, 6.45) is 2.32. The topological polar surface area (TPSA) is 88.9 Å². The van der Waals surface area contributed by atoms with Gasteiger partial charge in [-0.05, 0) is 25.8 Å². The lowest BCUT2D eigenvalue weighted by atomic mass is 10.1. The zero-order valence-corrected chi connectivity index (χ0v) is 12.8. The molecule has 1 fully saturated rings. The van der Waals surface area contributed by atoms with Crippen LogP contribution in [0.25, 0.3) is 0 Å². The third-order valence-electron chi connectivity index (χ3n) is 3.59. The van der Waals surface area contributed by atoms with Gasteiger partial charge >= 0.3 is 5.97 Å². The molecule has 0 aromatic carbocycles. The number of aryl methyl sites for hydroxylation is 1. The van der Waals surface area contributed by atoms with E-state index in [2.05, 4.69) is 10.1 Å². The van der Waals surface area contributed by atoms with Crippen molar-refractivity contribution < 1.29 is 23.5 Å². The molecule has 0 aliphatic carbocycles. The molecular formula is C15H20N2O5. The Kier molecular flexibility index (Phi) is 5.19. The Labute approximate surface area is 128 Å². The molecular weight excluding hydrogens is 288 g/mol. The minimum Gasteiger partial charge on any atom is -0.465 e. The van der Waals surface area contributed by atoms with Crippen molar-refractivity contribution in [2.24, 2.45) is 0 Å². The number of likely N-dealkylation sites (tertiary alicyclic amines) is 1. The first kappa shape index (κ1) is 16.1. The Morgan fingerprint density at radius 1 is 1.41 bits per heavy atom. The van der Waals surface area contributed by atoms with E-state index in [9.17, 15) is 14.4 Å². The Bertz CT molecular complexity index is 578. The molecule has 7 nitrogen and oxygen atoms in total. The molecule has 1 aliphatic heterocycles. The van der Waals surface area contributed by atoms with E-state index in [1.807, 2.05) is 0 Å². The van der Waals surface area contributed by atoms with Gasteiger partial charge in [-0.3, -0.25) is 9.59 Å². The molecule has 1 saturated heterocycles. The molecule has 1 aliphatic rings. The summed E-state index contributed by atoms with van der Waals surface area (Å²) in [4.78, 5) is 36.5. The number of nitrogens with one attached hydrogen (secondary N) is 1. The number of rotatable bonds is 5. The van der Waals surface area contributed by atoms with Crippen LogP contribution in [0.4, 0.5) is 0 Å². The average molecular weight is 308 g/mol. The van der Waals surface area contributed by atoms with Crippen molar-refractivity contribution in [2.75, 3.05) is 20.2 Å². The molecule has 2 heterocycles. The van der Waals surface area contributed by atoms with E-state index in [1.165, 1.54) is 7.11 Å². The number of furan rings is 1. The molecule has 0 saturated carbocycles. The number of ether oxygens (including phenoxy) is 1. The fourth-order valence-electron chi connectivity index (χ4n) is 2.39. The fourth-order valence-corrected chi connectivity index (χ4v) is 2.39. The van der Waals surface area contributed by atoms with Crippen LogP contribution in [0.5, 0.6) is 0 Å². The second kappa shape index (κ2) is 7.11. The Morgan fingerprint density at radius 2 is 2.18 bits per heavy atom. The maximum Gasteiger partial charge on any atom is 0.341 e. The summed E-state index contributed by atoms with van der Waals surface area (Å²) in [6.45, 7) is 2.50. The Hall–Kier alpha value is -2.31. The first-order chi connectivity index (χ1) is 10.5. The summed E-state index contributed by atoms with van der Waals surface area (Å²) in [5.74, 6) is 0.211. The number of esters is 1. The van der Waals surface area contributed by atoms with Crippen molar-refractivity contribution in [1.82, 2.24) is 10.2 Å². The van der Waals surface area contributed by atoms with Crippen LogP contribution < -0.4 is 5.32 Å².